The van der Waals surface area contributed by atoms with Crippen molar-refractivity contribution >= 4 is 40.1 Å². The fourth-order valence-electron chi connectivity index (χ4n) is 2.65. The highest BCUT2D eigenvalue weighted by atomic mass is 35.5. The van der Waals surface area contributed by atoms with E-state index in [4.69, 9.17) is 11.6 Å². The van der Waals surface area contributed by atoms with E-state index in [1.54, 1.807) is 54.4 Å². The summed E-state index contributed by atoms with van der Waals surface area (Å²) in [5, 5.41) is 11.5. The maximum atomic E-state index is 12.5. The first-order valence-corrected chi connectivity index (χ1v) is 8.98. The van der Waals surface area contributed by atoms with Gasteiger partial charge in [-0.2, -0.15) is 0 Å². The Labute approximate surface area is 159 Å². The normalized spacial score (nSPS) is 10.5. The molecule has 0 spiro atoms. The van der Waals surface area contributed by atoms with Gasteiger partial charge in [0.25, 0.3) is 5.69 Å². The van der Waals surface area contributed by atoms with Crippen molar-refractivity contribution in [2.24, 2.45) is 0 Å². The summed E-state index contributed by atoms with van der Waals surface area (Å²) in [6, 6.07) is 17.0. The zero-order chi connectivity index (χ0) is 18.7. The van der Waals surface area contributed by atoms with Gasteiger partial charge in [0.1, 0.15) is 5.69 Å². The average Bonchev–Trinajstić information content (AvgIpc) is 3.06. The van der Waals surface area contributed by atoms with Crippen molar-refractivity contribution < 1.29 is 9.72 Å². The number of nitro groups is 1. The summed E-state index contributed by atoms with van der Waals surface area (Å²) in [4.78, 5) is 26.4. The Morgan fingerprint density at radius 2 is 1.85 bits per heavy atom. The number of hydrogen-bond donors (Lipinski definition) is 0. The molecule has 5 nitrogen and oxygen atoms in total. The molecule has 0 fully saturated rings. The van der Waals surface area contributed by atoms with Crippen molar-refractivity contribution in [1.29, 1.82) is 0 Å². The number of carbonyl (C=O) groups excluding carboxylic acids is 1. The molecule has 0 unspecified atom stereocenters. The Morgan fingerprint density at radius 3 is 2.46 bits per heavy atom. The lowest BCUT2D eigenvalue weighted by molar-refractivity contribution is -0.384. The van der Waals surface area contributed by atoms with Crippen molar-refractivity contribution in [1.82, 2.24) is 0 Å². The summed E-state index contributed by atoms with van der Waals surface area (Å²) in [6.45, 7) is 0.490. The van der Waals surface area contributed by atoms with Crippen LogP contribution < -0.4 is 4.90 Å². The van der Waals surface area contributed by atoms with Crippen LogP contribution in [0.5, 0.6) is 0 Å². The maximum Gasteiger partial charge on any atom is 0.293 e. The van der Waals surface area contributed by atoms with Gasteiger partial charge < -0.3 is 4.90 Å². The molecule has 0 N–H and O–H groups in total. The highest BCUT2D eigenvalue weighted by Crippen LogP contribution is 2.31. The number of ketones is 1. The van der Waals surface area contributed by atoms with Gasteiger partial charge in [0.05, 0.1) is 15.8 Å². The molecule has 0 radical (unpaired) electrons. The highest BCUT2D eigenvalue weighted by Gasteiger charge is 2.21. The molecule has 1 heterocycles. The molecule has 3 rings (SSSR count). The van der Waals surface area contributed by atoms with Crippen molar-refractivity contribution in [2.75, 3.05) is 11.9 Å². The molecular formula is C19H15ClN2O3S. The summed E-state index contributed by atoms with van der Waals surface area (Å²) < 4.78 is 0.673. The van der Waals surface area contributed by atoms with Crippen LogP contribution in [0, 0.1) is 10.1 Å². The van der Waals surface area contributed by atoms with Crippen LogP contribution in [-0.4, -0.2) is 17.8 Å². The Bertz CT molecular complexity index is 956. The number of nitrogens with zero attached hydrogens (tertiary/aromatic N) is 2. The number of rotatable bonds is 6. The van der Waals surface area contributed by atoms with E-state index in [1.807, 2.05) is 12.1 Å². The Kier molecular flexibility index (Phi) is 5.35. The van der Waals surface area contributed by atoms with Crippen LogP contribution in [0.3, 0.4) is 0 Å². The van der Waals surface area contributed by atoms with Gasteiger partial charge in [-0.05, 0) is 24.3 Å². The maximum absolute atomic E-state index is 12.5. The zero-order valence-electron chi connectivity index (χ0n) is 13.9. The number of nitro benzene ring substituents is 1. The van der Waals surface area contributed by atoms with Crippen LogP contribution in [0.1, 0.15) is 20.8 Å². The molecule has 0 saturated heterocycles. The first kappa shape index (κ1) is 18.1. The van der Waals surface area contributed by atoms with Crippen molar-refractivity contribution in [2.45, 2.75) is 6.54 Å². The van der Waals surface area contributed by atoms with Crippen molar-refractivity contribution in [3.63, 3.8) is 0 Å². The van der Waals surface area contributed by atoms with Gasteiger partial charge in [-0.3, -0.25) is 14.9 Å². The molecule has 0 saturated carbocycles. The minimum absolute atomic E-state index is 0.100. The predicted octanol–water partition coefficient (Wildman–Crippen LogP) is 5.18. The first-order chi connectivity index (χ1) is 12.5. The van der Waals surface area contributed by atoms with Crippen LogP contribution >= 0.6 is 22.9 Å². The SMILES string of the molecule is CN(Cc1ccc(Cl)s1)c1ccc(C(=O)c2ccccc2)cc1[N+](=O)[O-]. The molecule has 0 aliphatic heterocycles. The molecular weight excluding hydrogens is 372 g/mol. The van der Waals surface area contributed by atoms with Gasteiger partial charge >= 0.3 is 0 Å². The molecule has 1 aromatic heterocycles. The first-order valence-electron chi connectivity index (χ1n) is 7.79. The van der Waals surface area contributed by atoms with E-state index in [0.29, 0.717) is 27.7 Å². The van der Waals surface area contributed by atoms with Crippen LogP contribution in [-0.2, 0) is 6.54 Å². The van der Waals surface area contributed by atoms with Crippen LogP contribution in [0.4, 0.5) is 11.4 Å². The average molecular weight is 387 g/mol. The molecule has 26 heavy (non-hydrogen) atoms. The predicted molar refractivity (Wildman–Crippen MR) is 104 cm³/mol. The lowest BCUT2D eigenvalue weighted by atomic mass is 10.0. The molecule has 0 bridgehead atoms. The van der Waals surface area contributed by atoms with Gasteiger partial charge in [-0.15, -0.1) is 11.3 Å². The fourth-order valence-corrected chi connectivity index (χ4v) is 3.79. The number of halogens is 1. The summed E-state index contributed by atoms with van der Waals surface area (Å²) in [5.41, 5.74) is 1.14. The number of hydrogen-bond acceptors (Lipinski definition) is 5. The minimum Gasteiger partial charge on any atom is -0.364 e. The monoisotopic (exact) mass is 386 g/mol. The molecule has 0 aliphatic carbocycles. The summed E-state index contributed by atoms with van der Waals surface area (Å²) in [7, 11) is 1.77. The smallest absolute Gasteiger partial charge is 0.293 e. The number of benzene rings is 2. The molecule has 132 valence electrons. The Balaban J connectivity index is 1.92. The summed E-state index contributed by atoms with van der Waals surface area (Å²) in [6.07, 6.45) is 0. The molecule has 0 amide bonds. The molecule has 0 atom stereocenters. The van der Waals surface area contributed by atoms with Gasteiger partial charge in [-0.1, -0.05) is 41.9 Å². The Morgan fingerprint density at radius 1 is 1.12 bits per heavy atom. The summed E-state index contributed by atoms with van der Waals surface area (Å²) >= 11 is 7.37. The second kappa shape index (κ2) is 7.68. The highest BCUT2D eigenvalue weighted by molar-refractivity contribution is 7.16. The number of thiophene rings is 1. The lowest BCUT2D eigenvalue weighted by Gasteiger charge is -2.18. The summed E-state index contributed by atoms with van der Waals surface area (Å²) in [5.74, 6) is -0.243. The van der Waals surface area contributed by atoms with Gasteiger partial charge in [0.2, 0.25) is 0 Å². The Hall–Kier alpha value is -2.70. The van der Waals surface area contributed by atoms with Crippen molar-refractivity contribution in [3.8, 4) is 0 Å². The van der Waals surface area contributed by atoms with Crippen LogP contribution in [0.25, 0.3) is 0 Å². The van der Waals surface area contributed by atoms with Crippen molar-refractivity contribution in [3.05, 3.63) is 91.1 Å². The standard InChI is InChI=1S/C19H15ClN2O3S/c1-21(12-15-8-10-18(20)26-15)16-9-7-14(11-17(16)22(24)25)19(23)13-5-3-2-4-6-13/h2-11H,12H2,1H3. The molecule has 7 heteroatoms. The molecule has 0 aliphatic rings. The third-order valence-corrected chi connectivity index (χ3v) is 5.12. The minimum atomic E-state index is -0.463. The third-order valence-electron chi connectivity index (χ3n) is 3.90. The van der Waals surface area contributed by atoms with E-state index in [-0.39, 0.29) is 11.5 Å². The molecule has 2 aromatic carbocycles. The quantitative estimate of drug-likeness (QED) is 0.333. The van der Waals surface area contributed by atoms with E-state index in [0.717, 1.165) is 4.88 Å². The van der Waals surface area contributed by atoms with E-state index >= 15 is 0 Å². The second-order valence-electron chi connectivity index (χ2n) is 5.72. The largest absolute Gasteiger partial charge is 0.364 e. The van der Waals surface area contributed by atoms with Gasteiger partial charge in [0.15, 0.2) is 5.78 Å². The van der Waals surface area contributed by atoms with E-state index in [9.17, 15) is 14.9 Å². The number of anilines is 1. The topological polar surface area (TPSA) is 63.5 Å². The fraction of sp³-hybridized carbons (Fsp3) is 0.105. The van der Waals surface area contributed by atoms with Gasteiger partial charge in [-0.25, -0.2) is 0 Å². The third kappa shape index (κ3) is 3.92. The second-order valence-corrected chi connectivity index (χ2v) is 7.52. The van der Waals surface area contributed by atoms with E-state index in [2.05, 4.69) is 0 Å². The zero-order valence-corrected chi connectivity index (χ0v) is 15.5. The van der Waals surface area contributed by atoms with Crippen LogP contribution in [0.15, 0.2) is 60.7 Å². The van der Waals surface area contributed by atoms with E-state index < -0.39 is 4.92 Å². The lowest BCUT2D eigenvalue weighted by Crippen LogP contribution is -2.17. The molecule has 3 aromatic rings. The van der Waals surface area contributed by atoms with Crippen LogP contribution in [0.2, 0.25) is 4.34 Å². The van der Waals surface area contributed by atoms with Gasteiger partial charge in [0, 0.05) is 29.1 Å². The number of carbonyl (C=O) groups is 1. The van der Waals surface area contributed by atoms with E-state index in [1.165, 1.54) is 17.4 Å².